The van der Waals surface area contributed by atoms with Gasteiger partial charge in [0.05, 0.1) is 6.20 Å². The Labute approximate surface area is 370 Å². The SMILES string of the molecule is Fc1c(F)c(F)c([B-](c2c(F)c(F)c(F)c(F)c2F)(c2c(F)c(F)c(F)c(F)c2F)c2c(F)c(F)c(F)c(F)c2F)c(F)c1F.O=C(C[n+]1ccnc(C(=O)Oc2ccccc2)c1)c1ccccc1. The molecule has 7 rings (SSSR count). The molecule has 0 saturated heterocycles. The van der Waals surface area contributed by atoms with Crippen molar-refractivity contribution in [1.82, 2.24) is 4.98 Å². The highest BCUT2D eigenvalue weighted by atomic mass is 19.2. The van der Waals surface area contributed by atoms with Crippen LogP contribution in [0, 0.1) is 116 Å². The first-order valence-electron chi connectivity index (χ1n) is 18.4. The lowest BCUT2D eigenvalue weighted by atomic mass is 9.12. The Morgan fingerprint density at radius 3 is 1.03 bits per heavy atom. The van der Waals surface area contributed by atoms with Crippen LogP contribution in [0.5, 0.6) is 5.75 Å². The Kier molecular flexibility index (Phi) is 14.3. The van der Waals surface area contributed by atoms with Crippen LogP contribution in [0.25, 0.3) is 0 Å². The fourth-order valence-corrected chi connectivity index (χ4v) is 7.04. The van der Waals surface area contributed by atoms with E-state index in [1.165, 1.54) is 12.4 Å². The Morgan fingerprint density at radius 1 is 0.420 bits per heavy atom. The highest BCUT2D eigenvalue weighted by Crippen LogP contribution is 2.31. The Bertz CT molecular complexity index is 2840. The van der Waals surface area contributed by atoms with Crippen molar-refractivity contribution < 1.29 is 107 Å². The third-order valence-electron chi connectivity index (χ3n) is 10.1. The molecule has 0 saturated carbocycles. The Morgan fingerprint density at radius 2 is 0.710 bits per heavy atom. The number of hydrogen-bond acceptors (Lipinski definition) is 4. The summed E-state index contributed by atoms with van der Waals surface area (Å²) in [6.07, 6.45) is -2.60. The second-order valence-corrected chi connectivity index (χ2v) is 13.9. The van der Waals surface area contributed by atoms with Crippen molar-refractivity contribution in [1.29, 1.82) is 0 Å². The molecule has 0 aliphatic rings. The van der Waals surface area contributed by atoms with E-state index < -0.39 is 150 Å². The van der Waals surface area contributed by atoms with E-state index in [0.29, 0.717) is 11.3 Å². The van der Waals surface area contributed by atoms with E-state index in [1.54, 1.807) is 47.2 Å². The molecule has 0 aliphatic carbocycles. The zero-order chi connectivity index (χ0) is 51.1. The molecule has 358 valence electrons. The van der Waals surface area contributed by atoms with Crippen LogP contribution < -0.4 is 31.2 Å². The molecule has 69 heavy (non-hydrogen) atoms. The van der Waals surface area contributed by atoms with E-state index in [-0.39, 0.29) is 18.0 Å². The van der Waals surface area contributed by atoms with Gasteiger partial charge < -0.3 is 4.74 Å². The molecule has 0 atom stereocenters. The third-order valence-corrected chi connectivity index (χ3v) is 10.1. The summed E-state index contributed by atoms with van der Waals surface area (Å²) in [5.41, 5.74) is -13.6. The minimum absolute atomic E-state index is 0.0471. The van der Waals surface area contributed by atoms with Gasteiger partial charge in [-0.15, -0.1) is 21.9 Å². The van der Waals surface area contributed by atoms with Gasteiger partial charge in [0.15, 0.2) is 76.0 Å². The van der Waals surface area contributed by atoms with Gasteiger partial charge in [-0.05, 0) is 12.1 Å². The molecule has 0 spiro atoms. The summed E-state index contributed by atoms with van der Waals surface area (Å²) in [5, 5.41) is 0. The van der Waals surface area contributed by atoms with Gasteiger partial charge in [0.1, 0.15) is 58.4 Å². The number of halogens is 20. The van der Waals surface area contributed by atoms with Gasteiger partial charge in [-0.25, -0.2) is 97.6 Å². The van der Waals surface area contributed by atoms with Gasteiger partial charge in [0.2, 0.25) is 24.2 Å². The van der Waals surface area contributed by atoms with Crippen LogP contribution >= 0.6 is 0 Å². The number of benzene rings is 6. The number of ketones is 1. The summed E-state index contributed by atoms with van der Waals surface area (Å²) >= 11 is 0. The molecule has 5 nitrogen and oxygen atoms in total. The van der Waals surface area contributed by atoms with Crippen molar-refractivity contribution >= 4 is 39.7 Å². The van der Waals surface area contributed by atoms with Crippen LogP contribution in [0.2, 0.25) is 0 Å². The minimum Gasteiger partial charge on any atom is -0.422 e. The fraction of sp³-hybridized carbons (Fsp3) is 0.0233. The van der Waals surface area contributed by atoms with Gasteiger partial charge >= 0.3 is 5.97 Å². The van der Waals surface area contributed by atoms with Crippen LogP contribution in [-0.4, -0.2) is 22.9 Å². The lowest BCUT2D eigenvalue weighted by Gasteiger charge is -2.44. The molecular formula is C43H15BF20N2O3. The van der Waals surface area contributed by atoms with Crippen molar-refractivity contribution in [3.05, 3.63) is 207 Å². The van der Waals surface area contributed by atoms with Crippen LogP contribution in [0.4, 0.5) is 87.8 Å². The summed E-state index contributed by atoms with van der Waals surface area (Å²) in [5.74, 6) is -71.6. The predicted molar refractivity (Wildman–Crippen MR) is 196 cm³/mol. The van der Waals surface area contributed by atoms with E-state index in [0.717, 1.165) is 0 Å². The van der Waals surface area contributed by atoms with Crippen LogP contribution in [-0.2, 0) is 6.54 Å². The zero-order valence-electron chi connectivity index (χ0n) is 33.0. The van der Waals surface area contributed by atoms with Gasteiger partial charge in [0.25, 0.3) is 0 Å². The normalized spacial score (nSPS) is 11.4. The molecule has 26 heteroatoms. The number of carbonyl (C=O) groups excluding carboxylic acids is 2. The molecule has 0 fully saturated rings. The van der Waals surface area contributed by atoms with Gasteiger partial charge in [0, 0.05) is 5.56 Å². The van der Waals surface area contributed by atoms with E-state index in [4.69, 9.17) is 4.74 Å². The van der Waals surface area contributed by atoms with E-state index in [2.05, 4.69) is 4.98 Å². The van der Waals surface area contributed by atoms with Gasteiger partial charge in [-0.3, -0.25) is 4.79 Å². The number of hydrogen-bond donors (Lipinski definition) is 0. The van der Waals surface area contributed by atoms with Crippen LogP contribution in [0.3, 0.4) is 0 Å². The molecule has 1 heterocycles. The van der Waals surface area contributed by atoms with Crippen LogP contribution in [0.15, 0.2) is 79.3 Å². The number of Topliss-reactive ketones (excluding diaryl/α,β-unsaturated/α-hetero) is 1. The maximum atomic E-state index is 15.4. The van der Waals surface area contributed by atoms with Crippen molar-refractivity contribution in [3.63, 3.8) is 0 Å². The van der Waals surface area contributed by atoms with Gasteiger partial charge in [-0.2, -0.15) is 4.57 Å². The monoisotopic (exact) mass is 998 g/mol. The fourth-order valence-electron chi connectivity index (χ4n) is 7.04. The molecule has 1 aromatic heterocycles. The first kappa shape index (κ1) is 50.6. The average Bonchev–Trinajstić information content (AvgIpc) is 3.34. The maximum absolute atomic E-state index is 15.4. The van der Waals surface area contributed by atoms with Crippen LogP contribution in [0.1, 0.15) is 20.8 Å². The molecule has 0 unspecified atom stereocenters. The highest BCUT2D eigenvalue weighted by Gasteiger charge is 2.52. The molecule has 0 radical (unpaired) electrons. The standard InChI is InChI=1S/C24BF20.C19H15N2O3/c26-5-1(6(27)14(35)21(42)13(5)34)25(2-7(28)15(36)22(43)16(37)8(2)29,3-9(30)17(38)23(44)18(39)10(3)31)4-11(32)19(40)24(45)20(41)12(4)33;22-18(15-7-3-1-4-8-15)14-21-12-11-20-17(13-21)19(23)24-16-9-5-2-6-10-16/h;1-13H,14H2/q-1;+1. The number of rotatable bonds is 9. The van der Waals surface area contributed by atoms with Crippen molar-refractivity contribution in [3.8, 4) is 5.75 Å². The lowest BCUT2D eigenvalue weighted by molar-refractivity contribution is -0.683. The number of esters is 1. The largest absolute Gasteiger partial charge is 0.422 e. The predicted octanol–water partition coefficient (Wildman–Crippen LogP) is 8.32. The molecule has 0 amide bonds. The molecular weight excluding hydrogens is 983 g/mol. The number of nitrogens with zero attached hydrogens (tertiary/aromatic N) is 2. The van der Waals surface area contributed by atoms with E-state index in [1.807, 2.05) is 24.3 Å². The van der Waals surface area contributed by atoms with Crippen molar-refractivity contribution in [2.75, 3.05) is 0 Å². The Balaban J connectivity index is 0.000000273. The number of para-hydroxylation sites is 1. The average molecular weight is 998 g/mol. The number of carbonyl (C=O) groups is 2. The molecule has 0 N–H and O–H groups in total. The summed E-state index contributed by atoms with van der Waals surface area (Å²) in [4.78, 5) is 28.4. The van der Waals surface area contributed by atoms with E-state index in [9.17, 15) is 62.3 Å². The minimum atomic E-state index is -7.22. The van der Waals surface area contributed by atoms with Gasteiger partial charge in [-0.1, -0.05) is 48.5 Å². The van der Waals surface area contributed by atoms with Crippen molar-refractivity contribution in [2.24, 2.45) is 0 Å². The summed E-state index contributed by atoms with van der Waals surface area (Å²) in [6.45, 7) is 0.123. The molecule has 0 aliphatic heterocycles. The summed E-state index contributed by atoms with van der Waals surface area (Å²) in [7, 11) is 0. The second kappa shape index (κ2) is 19.4. The second-order valence-electron chi connectivity index (χ2n) is 13.9. The smallest absolute Gasteiger partial charge is 0.368 e. The highest BCUT2D eigenvalue weighted by molar-refractivity contribution is 7.20. The van der Waals surface area contributed by atoms with E-state index >= 15 is 35.1 Å². The zero-order valence-corrected chi connectivity index (χ0v) is 33.0. The first-order chi connectivity index (χ1) is 32.4. The summed E-state index contributed by atoms with van der Waals surface area (Å²) in [6, 6.07) is 17.8. The third kappa shape index (κ3) is 8.58. The quantitative estimate of drug-likeness (QED) is 0.0214. The number of aromatic nitrogens is 2. The molecule has 0 bridgehead atoms. The summed E-state index contributed by atoms with van der Waals surface area (Å²) < 4.78 is 301. The lowest BCUT2D eigenvalue weighted by Crippen LogP contribution is -2.81. The Hall–Kier alpha value is -7.80. The maximum Gasteiger partial charge on any atom is 0.368 e. The number of ether oxygens (including phenoxy) is 1. The topological polar surface area (TPSA) is 60.1 Å². The van der Waals surface area contributed by atoms with Crippen molar-refractivity contribution in [2.45, 2.75) is 6.54 Å². The molecule has 7 aromatic rings. The molecule has 6 aromatic carbocycles. The first-order valence-corrected chi connectivity index (χ1v) is 18.4.